The number of aromatic amines is 1. The first kappa shape index (κ1) is 20.1. The number of aromatic nitrogens is 2. The van der Waals surface area contributed by atoms with E-state index in [1.54, 1.807) is 13.1 Å². The average Bonchev–Trinajstić information content (AvgIpc) is 3.27. The minimum atomic E-state index is -0.555. The van der Waals surface area contributed by atoms with Gasteiger partial charge in [0.1, 0.15) is 0 Å². The van der Waals surface area contributed by atoms with Crippen LogP contribution in [0.2, 0.25) is 0 Å². The molecule has 0 bridgehead atoms. The van der Waals surface area contributed by atoms with E-state index in [0.717, 1.165) is 35.2 Å². The highest BCUT2D eigenvalue weighted by atomic mass is 16.5. The molecule has 2 aromatic carbocycles. The summed E-state index contributed by atoms with van der Waals surface area (Å²) in [5.41, 5.74) is 4.48. The van der Waals surface area contributed by atoms with Crippen molar-refractivity contribution in [2.75, 3.05) is 36.5 Å². The Balaban J connectivity index is 1.40. The molecule has 3 aromatic rings. The SMILES string of the molecule is CC1=C(C(=O)Nc2ccc3[nH]ncc3c2)C(c2ccc(N3CCOCC3)cc2)NC(=O)N1. The number of rotatable bonds is 4. The number of hydrogen-bond donors (Lipinski definition) is 4. The summed E-state index contributed by atoms with van der Waals surface area (Å²) in [6, 6.07) is 12.6. The molecule has 0 saturated carbocycles. The van der Waals surface area contributed by atoms with Gasteiger partial charge in [-0.05, 0) is 42.8 Å². The third-order valence-electron chi connectivity index (χ3n) is 5.81. The van der Waals surface area contributed by atoms with Crippen LogP contribution < -0.4 is 20.9 Å². The van der Waals surface area contributed by atoms with Crippen LogP contribution in [0.3, 0.4) is 0 Å². The summed E-state index contributed by atoms with van der Waals surface area (Å²) in [7, 11) is 0. The van der Waals surface area contributed by atoms with E-state index in [1.807, 2.05) is 42.5 Å². The smallest absolute Gasteiger partial charge is 0.319 e. The third kappa shape index (κ3) is 3.90. The molecule has 0 spiro atoms. The Morgan fingerprint density at radius 3 is 2.72 bits per heavy atom. The maximum Gasteiger partial charge on any atom is 0.319 e. The molecule has 1 fully saturated rings. The Labute approximate surface area is 184 Å². The van der Waals surface area contributed by atoms with Gasteiger partial charge in [-0.2, -0.15) is 5.10 Å². The summed E-state index contributed by atoms with van der Waals surface area (Å²) in [4.78, 5) is 27.7. The Morgan fingerprint density at radius 2 is 1.94 bits per heavy atom. The number of morpholine rings is 1. The zero-order valence-electron chi connectivity index (χ0n) is 17.6. The summed E-state index contributed by atoms with van der Waals surface area (Å²) in [5, 5.41) is 16.4. The van der Waals surface area contributed by atoms with Crippen LogP contribution in [0.15, 0.2) is 59.9 Å². The summed E-state index contributed by atoms with van der Waals surface area (Å²) >= 11 is 0. The molecule has 2 aliphatic rings. The number of benzene rings is 2. The number of amides is 3. The molecule has 1 unspecified atom stereocenters. The molecule has 3 amide bonds. The fourth-order valence-corrected chi connectivity index (χ4v) is 4.16. The van der Waals surface area contributed by atoms with Gasteiger partial charge in [-0.3, -0.25) is 9.89 Å². The normalized spacial score (nSPS) is 19.0. The van der Waals surface area contributed by atoms with E-state index in [-0.39, 0.29) is 11.9 Å². The molecule has 9 heteroatoms. The van der Waals surface area contributed by atoms with E-state index >= 15 is 0 Å². The summed E-state index contributed by atoms with van der Waals surface area (Å²) < 4.78 is 5.42. The lowest BCUT2D eigenvalue weighted by molar-refractivity contribution is -0.113. The second kappa shape index (κ2) is 8.35. The zero-order chi connectivity index (χ0) is 22.1. The van der Waals surface area contributed by atoms with E-state index in [1.165, 1.54) is 0 Å². The van der Waals surface area contributed by atoms with Crippen LogP contribution in [0, 0.1) is 0 Å². The molecule has 3 heterocycles. The van der Waals surface area contributed by atoms with Crippen LogP contribution in [-0.2, 0) is 9.53 Å². The first-order valence-corrected chi connectivity index (χ1v) is 10.5. The van der Waals surface area contributed by atoms with Gasteiger partial charge in [0.2, 0.25) is 0 Å². The van der Waals surface area contributed by atoms with Crippen molar-refractivity contribution in [1.29, 1.82) is 0 Å². The highest BCUT2D eigenvalue weighted by Crippen LogP contribution is 2.30. The van der Waals surface area contributed by atoms with Crippen LogP contribution in [0.25, 0.3) is 10.9 Å². The standard InChI is InChI=1S/C23H24N6O3/c1-14-20(22(30)26-17-4-7-19-16(12-17)13-24-28-19)21(27-23(31)25-14)15-2-5-18(6-3-15)29-8-10-32-11-9-29/h2-7,12-13,21H,8-11H2,1H3,(H,24,28)(H,26,30)(H2,25,27,31). The maximum absolute atomic E-state index is 13.3. The number of carbonyl (C=O) groups is 2. The number of urea groups is 1. The molecular weight excluding hydrogens is 408 g/mol. The van der Waals surface area contributed by atoms with Crippen LogP contribution in [0.1, 0.15) is 18.5 Å². The fourth-order valence-electron chi connectivity index (χ4n) is 4.16. The van der Waals surface area contributed by atoms with Gasteiger partial charge in [-0.15, -0.1) is 0 Å². The van der Waals surface area contributed by atoms with Crippen molar-refractivity contribution < 1.29 is 14.3 Å². The number of hydrogen-bond acceptors (Lipinski definition) is 5. The molecule has 32 heavy (non-hydrogen) atoms. The molecule has 2 aliphatic heterocycles. The first-order valence-electron chi connectivity index (χ1n) is 10.5. The molecule has 1 atom stereocenters. The Bertz CT molecular complexity index is 1190. The quantitative estimate of drug-likeness (QED) is 0.507. The Kier molecular flexibility index (Phi) is 5.24. The van der Waals surface area contributed by atoms with Crippen molar-refractivity contribution in [3.63, 3.8) is 0 Å². The van der Waals surface area contributed by atoms with E-state index in [2.05, 4.69) is 31.0 Å². The highest BCUT2D eigenvalue weighted by molar-refractivity contribution is 6.07. The monoisotopic (exact) mass is 432 g/mol. The number of H-pyrrole nitrogens is 1. The van der Waals surface area contributed by atoms with Crippen molar-refractivity contribution in [1.82, 2.24) is 20.8 Å². The molecule has 5 rings (SSSR count). The van der Waals surface area contributed by atoms with E-state index < -0.39 is 6.04 Å². The molecule has 1 aromatic heterocycles. The number of carbonyl (C=O) groups excluding carboxylic acids is 2. The van der Waals surface area contributed by atoms with Crippen molar-refractivity contribution >= 4 is 34.2 Å². The van der Waals surface area contributed by atoms with Gasteiger partial charge in [-0.25, -0.2) is 4.79 Å². The topological polar surface area (TPSA) is 111 Å². The second-order valence-electron chi connectivity index (χ2n) is 7.89. The predicted molar refractivity (Wildman–Crippen MR) is 121 cm³/mol. The van der Waals surface area contributed by atoms with Gasteiger partial charge < -0.3 is 25.6 Å². The highest BCUT2D eigenvalue weighted by Gasteiger charge is 2.31. The molecule has 0 aliphatic carbocycles. The number of nitrogens with zero attached hydrogens (tertiary/aromatic N) is 2. The van der Waals surface area contributed by atoms with Crippen molar-refractivity contribution in [2.45, 2.75) is 13.0 Å². The Morgan fingerprint density at radius 1 is 1.16 bits per heavy atom. The molecule has 0 radical (unpaired) electrons. The minimum absolute atomic E-state index is 0.278. The number of nitrogens with one attached hydrogen (secondary N) is 4. The fraction of sp³-hybridized carbons (Fsp3) is 0.261. The van der Waals surface area contributed by atoms with Gasteiger partial charge in [0.05, 0.1) is 36.5 Å². The summed E-state index contributed by atoms with van der Waals surface area (Å²) in [6.07, 6.45) is 1.71. The zero-order valence-corrected chi connectivity index (χ0v) is 17.6. The van der Waals surface area contributed by atoms with Crippen LogP contribution >= 0.6 is 0 Å². The lowest BCUT2D eigenvalue weighted by atomic mass is 9.94. The second-order valence-corrected chi connectivity index (χ2v) is 7.89. The largest absolute Gasteiger partial charge is 0.378 e. The van der Waals surface area contributed by atoms with Crippen molar-refractivity contribution in [2.24, 2.45) is 0 Å². The summed E-state index contributed by atoms with van der Waals surface area (Å²) in [5.74, 6) is -0.278. The van der Waals surface area contributed by atoms with Gasteiger partial charge in [0.25, 0.3) is 5.91 Å². The molecule has 164 valence electrons. The van der Waals surface area contributed by atoms with Gasteiger partial charge in [0, 0.05) is 35.5 Å². The van der Waals surface area contributed by atoms with Gasteiger partial charge >= 0.3 is 6.03 Å². The first-order chi connectivity index (χ1) is 15.6. The molecule has 4 N–H and O–H groups in total. The Hall–Kier alpha value is -3.85. The minimum Gasteiger partial charge on any atom is -0.378 e. The lowest BCUT2D eigenvalue weighted by Gasteiger charge is -2.31. The number of anilines is 2. The maximum atomic E-state index is 13.3. The lowest BCUT2D eigenvalue weighted by Crippen LogP contribution is -2.46. The van der Waals surface area contributed by atoms with Gasteiger partial charge in [0.15, 0.2) is 0 Å². The van der Waals surface area contributed by atoms with Crippen LogP contribution in [0.5, 0.6) is 0 Å². The van der Waals surface area contributed by atoms with E-state index in [4.69, 9.17) is 4.74 Å². The molecular formula is C23H24N6O3. The van der Waals surface area contributed by atoms with E-state index in [0.29, 0.717) is 30.2 Å². The van der Waals surface area contributed by atoms with E-state index in [9.17, 15) is 9.59 Å². The van der Waals surface area contributed by atoms with Crippen LogP contribution in [0.4, 0.5) is 16.2 Å². The number of allylic oxidation sites excluding steroid dienone is 1. The number of ether oxygens (including phenoxy) is 1. The summed E-state index contributed by atoms with van der Waals surface area (Å²) in [6.45, 7) is 4.85. The molecule has 9 nitrogen and oxygen atoms in total. The van der Waals surface area contributed by atoms with Gasteiger partial charge in [-0.1, -0.05) is 12.1 Å². The third-order valence-corrected chi connectivity index (χ3v) is 5.81. The van der Waals surface area contributed by atoms with Crippen LogP contribution in [-0.4, -0.2) is 48.4 Å². The number of fused-ring (bicyclic) bond motifs is 1. The average molecular weight is 432 g/mol. The van der Waals surface area contributed by atoms with Crippen molar-refractivity contribution in [3.8, 4) is 0 Å². The molecule has 1 saturated heterocycles. The van der Waals surface area contributed by atoms with Crippen molar-refractivity contribution in [3.05, 3.63) is 65.5 Å². The predicted octanol–water partition coefficient (Wildman–Crippen LogP) is 2.67.